The molecule has 20 heavy (non-hydrogen) atoms. The molecule has 1 aromatic heterocycles. The standard InChI is InChI=1S/C15H21Cl2N3/c1-11-9-19-7-3-2-4-12(19)10-20(11)15-6-5-13(17)14(8-16)18-15/h5-6,11-12H,2-4,7-10H2,1H3. The smallest absolute Gasteiger partial charge is 0.129 e. The quantitative estimate of drug-likeness (QED) is 0.779. The van der Waals surface area contributed by atoms with Gasteiger partial charge in [-0.2, -0.15) is 0 Å². The Kier molecular flexibility index (Phi) is 4.39. The van der Waals surface area contributed by atoms with Crippen molar-refractivity contribution in [2.24, 2.45) is 0 Å². The summed E-state index contributed by atoms with van der Waals surface area (Å²) < 4.78 is 0. The zero-order valence-electron chi connectivity index (χ0n) is 11.9. The van der Waals surface area contributed by atoms with Crippen LogP contribution >= 0.6 is 23.2 Å². The molecule has 2 saturated heterocycles. The molecule has 110 valence electrons. The van der Waals surface area contributed by atoms with Gasteiger partial charge in [0.1, 0.15) is 5.82 Å². The predicted octanol–water partition coefficient (Wildman–Crippen LogP) is 3.54. The van der Waals surface area contributed by atoms with Gasteiger partial charge in [-0.1, -0.05) is 18.0 Å². The lowest BCUT2D eigenvalue weighted by Gasteiger charge is -2.48. The Morgan fingerprint density at radius 2 is 2.15 bits per heavy atom. The van der Waals surface area contributed by atoms with Crippen LogP contribution in [-0.4, -0.2) is 41.6 Å². The van der Waals surface area contributed by atoms with E-state index in [2.05, 4.69) is 21.7 Å². The van der Waals surface area contributed by atoms with Gasteiger partial charge in [0.15, 0.2) is 0 Å². The average molecular weight is 314 g/mol. The van der Waals surface area contributed by atoms with E-state index in [0.29, 0.717) is 23.0 Å². The molecule has 0 aliphatic carbocycles. The van der Waals surface area contributed by atoms with Gasteiger partial charge in [-0.05, 0) is 38.4 Å². The molecule has 2 atom stereocenters. The minimum atomic E-state index is 0.366. The molecule has 5 heteroatoms. The number of nitrogens with zero attached hydrogens (tertiary/aromatic N) is 3. The second-order valence-corrected chi connectivity index (χ2v) is 6.55. The molecule has 2 aliphatic rings. The van der Waals surface area contributed by atoms with Crippen molar-refractivity contribution in [2.45, 2.75) is 44.1 Å². The van der Waals surface area contributed by atoms with Gasteiger partial charge in [-0.15, -0.1) is 11.6 Å². The lowest BCUT2D eigenvalue weighted by molar-refractivity contribution is 0.115. The molecule has 3 nitrogen and oxygen atoms in total. The van der Waals surface area contributed by atoms with Crippen LogP contribution in [0, 0.1) is 0 Å². The lowest BCUT2D eigenvalue weighted by Crippen LogP contribution is -2.59. The summed E-state index contributed by atoms with van der Waals surface area (Å²) in [6.45, 7) is 5.73. The molecule has 0 radical (unpaired) electrons. The van der Waals surface area contributed by atoms with Gasteiger partial charge in [0, 0.05) is 25.2 Å². The third-order valence-corrected chi connectivity index (χ3v) is 5.11. The highest BCUT2D eigenvalue weighted by Crippen LogP contribution is 2.28. The Labute approximate surface area is 130 Å². The zero-order chi connectivity index (χ0) is 14.1. The maximum atomic E-state index is 6.11. The van der Waals surface area contributed by atoms with E-state index < -0.39 is 0 Å². The van der Waals surface area contributed by atoms with Crippen molar-refractivity contribution in [1.29, 1.82) is 0 Å². The van der Waals surface area contributed by atoms with Crippen LogP contribution in [0.25, 0.3) is 0 Å². The van der Waals surface area contributed by atoms with Crippen molar-refractivity contribution in [3.05, 3.63) is 22.8 Å². The van der Waals surface area contributed by atoms with Crippen LogP contribution < -0.4 is 4.90 Å². The van der Waals surface area contributed by atoms with Crippen LogP contribution in [0.3, 0.4) is 0 Å². The zero-order valence-corrected chi connectivity index (χ0v) is 13.4. The monoisotopic (exact) mass is 313 g/mol. The van der Waals surface area contributed by atoms with E-state index in [1.165, 1.54) is 25.8 Å². The summed E-state index contributed by atoms with van der Waals surface area (Å²) in [6.07, 6.45) is 4.00. The molecule has 2 fully saturated rings. The number of aromatic nitrogens is 1. The molecule has 2 unspecified atom stereocenters. The van der Waals surface area contributed by atoms with Gasteiger partial charge in [0.25, 0.3) is 0 Å². The molecular formula is C15H21Cl2N3. The Morgan fingerprint density at radius 3 is 2.95 bits per heavy atom. The fourth-order valence-electron chi connectivity index (χ4n) is 3.40. The Morgan fingerprint density at radius 1 is 1.30 bits per heavy atom. The first-order valence-electron chi connectivity index (χ1n) is 7.41. The fraction of sp³-hybridized carbons (Fsp3) is 0.667. The second-order valence-electron chi connectivity index (χ2n) is 5.88. The molecular weight excluding hydrogens is 293 g/mol. The van der Waals surface area contributed by atoms with Crippen LogP contribution in [0.1, 0.15) is 31.9 Å². The third kappa shape index (κ3) is 2.76. The SMILES string of the molecule is CC1CN2CCCCC2CN1c1ccc(Cl)c(CCl)n1. The van der Waals surface area contributed by atoms with Crippen molar-refractivity contribution in [1.82, 2.24) is 9.88 Å². The molecule has 0 aromatic carbocycles. The largest absolute Gasteiger partial charge is 0.351 e. The first-order valence-corrected chi connectivity index (χ1v) is 8.32. The lowest BCUT2D eigenvalue weighted by atomic mass is 9.97. The van der Waals surface area contributed by atoms with Crippen LogP contribution in [-0.2, 0) is 5.88 Å². The summed E-state index contributed by atoms with van der Waals surface area (Å²) >= 11 is 12.0. The molecule has 3 rings (SSSR count). The molecule has 0 bridgehead atoms. The number of anilines is 1. The van der Waals surface area contributed by atoms with Gasteiger partial charge < -0.3 is 4.90 Å². The number of piperidine rings is 1. The van der Waals surface area contributed by atoms with Crippen LogP contribution in [0.4, 0.5) is 5.82 Å². The molecule has 1 aromatic rings. The number of hydrogen-bond acceptors (Lipinski definition) is 3. The van der Waals surface area contributed by atoms with Crippen molar-refractivity contribution >= 4 is 29.0 Å². The van der Waals surface area contributed by atoms with Crippen molar-refractivity contribution in [3.63, 3.8) is 0 Å². The second kappa shape index (κ2) is 6.08. The number of alkyl halides is 1. The number of pyridine rings is 1. The van der Waals surface area contributed by atoms with Gasteiger partial charge >= 0.3 is 0 Å². The van der Waals surface area contributed by atoms with E-state index in [1.54, 1.807) is 0 Å². The molecule has 2 aliphatic heterocycles. The molecule has 3 heterocycles. The summed E-state index contributed by atoms with van der Waals surface area (Å²) in [5.74, 6) is 1.38. The highest BCUT2D eigenvalue weighted by molar-refractivity contribution is 6.32. The maximum Gasteiger partial charge on any atom is 0.129 e. The van der Waals surface area contributed by atoms with Gasteiger partial charge in [-0.3, -0.25) is 4.90 Å². The topological polar surface area (TPSA) is 19.4 Å². The van der Waals surface area contributed by atoms with Crippen LogP contribution in [0.15, 0.2) is 12.1 Å². The number of hydrogen-bond donors (Lipinski definition) is 0. The highest BCUT2D eigenvalue weighted by atomic mass is 35.5. The van der Waals surface area contributed by atoms with Crippen molar-refractivity contribution < 1.29 is 0 Å². The Hall–Kier alpha value is -0.510. The number of rotatable bonds is 2. The average Bonchev–Trinajstić information content (AvgIpc) is 2.47. The number of fused-ring (bicyclic) bond motifs is 1. The van der Waals surface area contributed by atoms with E-state index >= 15 is 0 Å². The Bertz CT molecular complexity index is 480. The predicted molar refractivity (Wildman–Crippen MR) is 84.8 cm³/mol. The summed E-state index contributed by atoms with van der Waals surface area (Å²) in [5.41, 5.74) is 0.782. The number of halogens is 2. The first kappa shape index (κ1) is 14.4. The summed E-state index contributed by atoms with van der Waals surface area (Å²) in [7, 11) is 0. The summed E-state index contributed by atoms with van der Waals surface area (Å²) in [6, 6.07) is 5.10. The third-order valence-electron chi connectivity index (χ3n) is 4.51. The molecule has 0 spiro atoms. The minimum Gasteiger partial charge on any atom is -0.351 e. The molecule has 0 saturated carbocycles. The van der Waals surface area contributed by atoms with Crippen LogP contribution in [0.5, 0.6) is 0 Å². The van der Waals surface area contributed by atoms with E-state index in [1.807, 2.05) is 12.1 Å². The van der Waals surface area contributed by atoms with Crippen molar-refractivity contribution in [3.8, 4) is 0 Å². The highest BCUT2D eigenvalue weighted by Gasteiger charge is 2.33. The van der Waals surface area contributed by atoms with Crippen molar-refractivity contribution in [2.75, 3.05) is 24.5 Å². The normalized spacial score (nSPS) is 27.4. The van der Waals surface area contributed by atoms with Gasteiger partial charge in [0.05, 0.1) is 16.6 Å². The Balaban J connectivity index is 1.82. The summed E-state index contributed by atoms with van der Waals surface area (Å²) in [4.78, 5) is 9.70. The molecule has 0 amide bonds. The number of piperazine rings is 1. The van der Waals surface area contributed by atoms with Gasteiger partial charge in [0.2, 0.25) is 0 Å². The van der Waals surface area contributed by atoms with E-state index in [4.69, 9.17) is 23.2 Å². The minimum absolute atomic E-state index is 0.366. The van der Waals surface area contributed by atoms with E-state index in [0.717, 1.165) is 24.6 Å². The van der Waals surface area contributed by atoms with E-state index in [9.17, 15) is 0 Å². The van der Waals surface area contributed by atoms with Crippen LogP contribution in [0.2, 0.25) is 5.02 Å². The molecule has 0 N–H and O–H groups in total. The summed E-state index contributed by atoms with van der Waals surface area (Å²) in [5, 5.41) is 0.660. The van der Waals surface area contributed by atoms with Gasteiger partial charge in [-0.25, -0.2) is 4.98 Å². The first-order chi connectivity index (χ1) is 9.69. The van der Waals surface area contributed by atoms with E-state index in [-0.39, 0.29) is 0 Å². The fourth-order valence-corrected chi connectivity index (χ4v) is 3.84. The maximum absolute atomic E-state index is 6.11.